The van der Waals surface area contributed by atoms with Crippen LogP contribution in [0.2, 0.25) is 0 Å². The lowest BCUT2D eigenvalue weighted by molar-refractivity contribution is -0.159. The summed E-state index contributed by atoms with van der Waals surface area (Å²) in [6.07, 6.45) is 11.5. The molecule has 0 saturated heterocycles. The van der Waals surface area contributed by atoms with Gasteiger partial charge in [-0.25, -0.2) is 33.6 Å². The maximum atomic E-state index is 12.5. The molecule has 0 atom stereocenters. The van der Waals surface area contributed by atoms with Crippen LogP contribution < -0.4 is 10.6 Å². The molecule has 0 fully saturated rings. The molecule has 0 aromatic carbocycles. The van der Waals surface area contributed by atoms with E-state index in [1.54, 1.807) is 0 Å². The number of carbonyl (C=O) groups excluding carboxylic acids is 7. The number of rotatable bonds is 34. The maximum Gasteiger partial charge on any atom is 0.407 e. The standard InChI is InChI=1S/C41H58N2O15/c1-8-32(7)51-24-40(25-52-33(44)9-2,26-53-34(45)10-3)30-57-38(49)42-22-20-18-16-14-15-17-19-21-23-43-39(50)58-31-41(27-54-35(46)11-4,28-55-36(47)12-5)29-56-37(48)13-6/h8-13H,1-7,14-31H2,(H,42,49)(H,43,50). The number of hydrogen-bond acceptors (Lipinski definition) is 15. The van der Waals surface area contributed by atoms with Crippen molar-refractivity contribution in [1.29, 1.82) is 0 Å². The second kappa shape index (κ2) is 31.0. The van der Waals surface area contributed by atoms with Crippen LogP contribution in [-0.2, 0) is 61.9 Å². The first-order chi connectivity index (χ1) is 27.7. The van der Waals surface area contributed by atoms with Crippen molar-refractivity contribution < 1.29 is 71.5 Å². The van der Waals surface area contributed by atoms with Crippen molar-refractivity contribution in [2.45, 2.75) is 51.4 Å². The van der Waals surface area contributed by atoms with Crippen LogP contribution in [0.1, 0.15) is 51.4 Å². The first-order valence-corrected chi connectivity index (χ1v) is 18.4. The SMILES string of the molecule is C=CC(=C)OCC(COC(=O)C=C)(COC(=O)C=C)COC(=O)NCCCCCCCCCCNC(=O)OCC(COC(=O)C=C)(COC(=O)C=C)COC(=O)C=C. The molecule has 0 aliphatic heterocycles. The first-order valence-electron chi connectivity index (χ1n) is 18.4. The van der Waals surface area contributed by atoms with Crippen molar-refractivity contribution in [3.63, 3.8) is 0 Å². The fraction of sp³-hybridized carbons (Fsp3) is 0.488. The zero-order valence-corrected chi connectivity index (χ0v) is 33.3. The Morgan fingerprint density at radius 3 is 0.862 bits per heavy atom. The molecule has 58 heavy (non-hydrogen) atoms. The van der Waals surface area contributed by atoms with Crippen LogP contribution in [0.25, 0.3) is 0 Å². The average molecular weight is 819 g/mol. The maximum absolute atomic E-state index is 12.5. The molecule has 0 aliphatic carbocycles. The van der Waals surface area contributed by atoms with Crippen LogP contribution in [0.15, 0.2) is 88.3 Å². The molecule has 0 bridgehead atoms. The molecule has 0 aliphatic rings. The lowest BCUT2D eigenvalue weighted by Crippen LogP contribution is -2.44. The van der Waals surface area contributed by atoms with E-state index in [0.29, 0.717) is 25.9 Å². The van der Waals surface area contributed by atoms with E-state index in [2.05, 4.69) is 56.7 Å². The fourth-order valence-electron chi connectivity index (χ4n) is 4.45. The highest BCUT2D eigenvalue weighted by molar-refractivity contribution is 5.83. The Kier molecular flexibility index (Phi) is 27.7. The van der Waals surface area contributed by atoms with Crippen LogP contribution in [0, 0.1) is 10.8 Å². The Hall–Kier alpha value is -6.13. The van der Waals surface area contributed by atoms with Crippen LogP contribution in [0.5, 0.6) is 0 Å². The molecule has 0 unspecified atom stereocenters. The molecule has 0 aromatic rings. The van der Waals surface area contributed by atoms with Crippen molar-refractivity contribution in [3.8, 4) is 0 Å². The number of esters is 5. The predicted molar refractivity (Wildman–Crippen MR) is 212 cm³/mol. The third kappa shape index (κ3) is 25.1. The van der Waals surface area contributed by atoms with Gasteiger partial charge in [-0.1, -0.05) is 84.6 Å². The molecule has 0 saturated carbocycles. The molecular formula is C41H58N2O15. The van der Waals surface area contributed by atoms with Crippen molar-refractivity contribution in [3.05, 3.63) is 88.3 Å². The number of ether oxygens (including phenoxy) is 8. The Balaban J connectivity index is 4.64. The monoisotopic (exact) mass is 818 g/mol. The Morgan fingerprint density at radius 2 is 0.603 bits per heavy atom. The molecule has 2 amide bonds. The van der Waals surface area contributed by atoms with Crippen LogP contribution >= 0.6 is 0 Å². The summed E-state index contributed by atoms with van der Waals surface area (Å²) < 4.78 is 42.0. The number of unbranched alkanes of at least 4 members (excludes halogenated alkanes) is 7. The lowest BCUT2D eigenvalue weighted by Gasteiger charge is -2.31. The van der Waals surface area contributed by atoms with Crippen LogP contribution in [-0.4, -0.2) is 108 Å². The highest BCUT2D eigenvalue weighted by Crippen LogP contribution is 2.24. The third-order valence-corrected chi connectivity index (χ3v) is 7.89. The molecule has 17 nitrogen and oxygen atoms in total. The van der Waals surface area contributed by atoms with Crippen molar-refractivity contribution >= 4 is 42.0 Å². The van der Waals surface area contributed by atoms with Crippen LogP contribution in [0.4, 0.5) is 9.59 Å². The van der Waals surface area contributed by atoms with Gasteiger partial charge in [0, 0.05) is 43.5 Å². The van der Waals surface area contributed by atoms with Gasteiger partial charge in [0.25, 0.3) is 0 Å². The summed E-state index contributed by atoms with van der Waals surface area (Å²) in [5.41, 5.74) is -2.70. The number of hydrogen-bond donors (Lipinski definition) is 2. The molecule has 17 heteroatoms. The summed E-state index contributed by atoms with van der Waals surface area (Å²) in [5, 5.41) is 5.31. The molecule has 0 heterocycles. The minimum atomic E-state index is -1.42. The second-order valence-corrected chi connectivity index (χ2v) is 12.9. The van der Waals surface area contributed by atoms with Crippen molar-refractivity contribution in [2.75, 3.05) is 65.9 Å². The Morgan fingerprint density at radius 1 is 0.362 bits per heavy atom. The normalized spacial score (nSPS) is 10.6. The topological polar surface area (TPSA) is 217 Å². The van der Waals surface area contributed by atoms with Gasteiger partial charge < -0.3 is 48.5 Å². The fourth-order valence-corrected chi connectivity index (χ4v) is 4.45. The smallest absolute Gasteiger partial charge is 0.407 e. The van der Waals surface area contributed by atoms with Gasteiger partial charge in [-0.3, -0.25) is 0 Å². The number of allylic oxidation sites excluding steroid dienone is 1. The summed E-state index contributed by atoms with van der Waals surface area (Å²) in [6.45, 7) is 21.7. The quantitative estimate of drug-likeness (QED) is 0.0221. The third-order valence-electron chi connectivity index (χ3n) is 7.89. The Labute approximate surface area is 340 Å². The van der Waals surface area contributed by atoms with E-state index in [0.717, 1.165) is 68.9 Å². The van der Waals surface area contributed by atoms with Gasteiger partial charge in [0.1, 0.15) is 69.4 Å². The van der Waals surface area contributed by atoms with Gasteiger partial charge in [-0.2, -0.15) is 0 Å². The highest BCUT2D eigenvalue weighted by atomic mass is 16.6. The summed E-state index contributed by atoms with van der Waals surface area (Å²) in [4.78, 5) is 83.7. The predicted octanol–water partition coefficient (Wildman–Crippen LogP) is 4.89. The largest absolute Gasteiger partial charge is 0.493 e. The highest BCUT2D eigenvalue weighted by Gasteiger charge is 2.38. The summed E-state index contributed by atoms with van der Waals surface area (Å²) in [5.74, 6) is -3.62. The van der Waals surface area contributed by atoms with Crippen molar-refractivity contribution in [2.24, 2.45) is 10.8 Å². The molecular weight excluding hydrogens is 760 g/mol. The summed E-state index contributed by atoms with van der Waals surface area (Å²) in [7, 11) is 0. The van der Waals surface area contributed by atoms with Gasteiger partial charge in [-0.15, -0.1) is 0 Å². The van der Waals surface area contributed by atoms with Gasteiger partial charge in [0.15, 0.2) is 0 Å². The number of nitrogens with one attached hydrogen (secondary N) is 2. The van der Waals surface area contributed by atoms with E-state index in [-0.39, 0.29) is 32.2 Å². The summed E-state index contributed by atoms with van der Waals surface area (Å²) >= 11 is 0. The minimum Gasteiger partial charge on any atom is -0.493 e. The minimum absolute atomic E-state index is 0.183. The van der Waals surface area contributed by atoms with E-state index in [1.165, 1.54) is 6.08 Å². The second-order valence-electron chi connectivity index (χ2n) is 12.9. The molecule has 0 radical (unpaired) electrons. The van der Waals surface area contributed by atoms with E-state index in [9.17, 15) is 33.6 Å². The zero-order chi connectivity index (χ0) is 43.7. The van der Waals surface area contributed by atoms with E-state index in [1.807, 2.05) is 0 Å². The number of alkyl carbamates (subject to hydrolysis) is 2. The molecule has 0 spiro atoms. The van der Waals surface area contributed by atoms with Gasteiger partial charge in [0.2, 0.25) is 0 Å². The average Bonchev–Trinajstić information content (AvgIpc) is 3.24. The summed E-state index contributed by atoms with van der Waals surface area (Å²) in [6, 6.07) is 0. The van der Waals surface area contributed by atoms with Gasteiger partial charge >= 0.3 is 42.0 Å². The van der Waals surface area contributed by atoms with E-state index < -0.39 is 79.3 Å². The van der Waals surface area contributed by atoms with Crippen LogP contribution in [0.3, 0.4) is 0 Å². The number of amides is 2. The molecule has 0 rings (SSSR count). The molecule has 0 aromatic heterocycles. The number of carbonyl (C=O) groups is 7. The lowest BCUT2D eigenvalue weighted by atomic mass is 9.92. The van der Waals surface area contributed by atoms with E-state index >= 15 is 0 Å². The van der Waals surface area contributed by atoms with E-state index in [4.69, 9.17) is 37.9 Å². The zero-order valence-electron chi connectivity index (χ0n) is 33.3. The van der Waals surface area contributed by atoms with Gasteiger partial charge in [0.05, 0.1) is 0 Å². The molecule has 2 N–H and O–H groups in total. The first kappa shape index (κ1) is 51.9. The Bertz CT molecular complexity index is 1210. The van der Waals surface area contributed by atoms with Crippen molar-refractivity contribution in [1.82, 2.24) is 10.6 Å². The molecule has 322 valence electrons. The van der Waals surface area contributed by atoms with Gasteiger partial charge in [-0.05, 0) is 18.9 Å².